The zero-order chi connectivity index (χ0) is 21.8. The lowest BCUT2D eigenvalue weighted by Gasteiger charge is -2.16. The summed E-state index contributed by atoms with van der Waals surface area (Å²) in [6, 6.07) is 0.498. The first-order chi connectivity index (χ1) is 14.0. The number of carbonyl (C=O) groups is 1. The molecule has 0 radical (unpaired) electrons. The summed E-state index contributed by atoms with van der Waals surface area (Å²) in [5, 5.41) is 18.6. The minimum Gasteiger partial charge on any atom is -0.450 e. The number of benzene rings is 1. The van der Waals surface area contributed by atoms with Gasteiger partial charge in [-0.25, -0.2) is 18.5 Å². The van der Waals surface area contributed by atoms with Crippen molar-refractivity contribution in [1.29, 1.82) is 0 Å². The third-order valence-electron chi connectivity index (χ3n) is 5.86. The van der Waals surface area contributed by atoms with Crippen LogP contribution in [0.1, 0.15) is 60.3 Å². The molecule has 162 valence electrons. The van der Waals surface area contributed by atoms with Crippen LogP contribution in [0.4, 0.5) is 14.9 Å². The number of anilines is 1. The maximum atomic E-state index is 14.8. The molecule has 30 heavy (non-hydrogen) atoms. The highest BCUT2D eigenvalue weighted by atomic mass is 32.2. The minimum atomic E-state index is -3.67. The lowest BCUT2D eigenvalue weighted by molar-refractivity contribution is 0.0769. The predicted octanol–water partition coefficient (Wildman–Crippen LogP) is 3.86. The number of rotatable bonds is 3. The van der Waals surface area contributed by atoms with E-state index >= 15 is 0 Å². The van der Waals surface area contributed by atoms with Crippen LogP contribution >= 0.6 is 0 Å². The maximum Gasteiger partial charge on any atom is 0.354 e. The van der Waals surface area contributed by atoms with Crippen molar-refractivity contribution in [2.24, 2.45) is 9.50 Å². The number of carbonyl (C=O) groups excluding carboxylic acids is 1. The average molecular weight is 436 g/mol. The van der Waals surface area contributed by atoms with Crippen molar-refractivity contribution < 1.29 is 22.9 Å². The van der Waals surface area contributed by atoms with Crippen LogP contribution in [-0.2, 0) is 41.2 Å². The fraction of sp³-hybridized carbons (Fsp3) is 0.476. The van der Waals surface area contributed by atoms with Crippen LogP contribution in [0, 0.1) is 12.7 Å². The SMILES string of the molecule is Cc1oc(S(N)(=O)=NC(=O)Nc2c3c(c(F)c4c2CCC4)CCC3)cc1C(C)(C)O. The lowest BCUT2D eigenvalue weighted by atomic mass is 9.98. The summed E-state index contributed by atoms with van der Waals surface area (Å²) < 4.78 is 36.8. The zero-order valence-electron chi connectivity index (χ0n) is 17.3. The summed E-state index contributed by atoms with van der Waals surface area (Å²) in [6.07, 6.45) is 4.31. The Hall–Kier alpha value is -2.23. The second-order valence-corrected chi connectivity index (χ2v) is 10.2. The van der Waals surface area contributed by atoms with Gasteiger partial charge in [-0.1, -0.05) is 0 Å². The van der Waals surface area contributed by atoms with Gasteiger partial charge in [0.15, 0.2) is 9.92 Å². The van der Waals surface area contributed by atoms with Gasteiger partial charge in [-0.3, -0.25) is 0 Å². The van der Waals surface area contributed by atoms with Crippen LogP contribution < -0.4 is 10.5 Å². The third-order valence-corrected chi connectivity index (χ3v) is 7.08. The molecule has 1 unspecified atom stereocenters. The summed E-state index contributed by atoms with van der Waals surface area (Å²) in [4.78, 5) is 12.7. The highest BCUT2D eigenvalue weighted by molar-refractivity contribution is 7.91. The van der Waals surface area contributed by atoms with E-state index in [0.29, 0.717) is 53.8 Å². The van der Waals surface area contributed by atoms with Crippen LogP contribution in [0.15, 0.2) is 19.9 Å². The van der Waals surface area contributed by atoms with Gasteiger partial charge in [0, 0.05) is 17.3 Å². The Morgan fingerprint density at radius 2 is 1.73 bits per heavy atom. The largest absolute Gasteiger partial charge is 0.450 e. The van der Waals surface area contributed by atoms with Gasteiger partial charge < -0.3 is 14.8 Å². The Kier molecular flexibility index (Phi) is 5.03. The van der Waals surface area contributed by atoms with Crippen molar-refractivity contribution in [2.75, 3.05) is 5.32 Å². The number of furan rings is 1. The quantitative estimate of drug-likeness (QED) is 0.678. The highest BCUT2D eigenvalue weighted by Crippen LogP contribution is 2.41. The molecule has 4 N–H and O–H groups in total. The van der Waals surface area contributed by atoms with Crippen molar-refractivity contribution in [1.82, 2.24) is 0 Å². The van der Waals surface area contributed by atoms with Crippen LogP contribution in [0.3, 0.4) is 0 Å². The summed E-state index contributed by atoms with van der Waals surface area (Å²) >= 11 is 0. The Morgan fingerprint density at radius 1 is 1.20 bits per heavy atom. The van der Waals surface area contributed by atoms with Crippen LogP contribution in [0.25, 0.3) is 0 Å². The van der Waals surface area contributed by atoms with Crippen molar-refractivity contribution >= 4 is 21.6 Å². The molecule has 2 amide bonds. The van der Waals surface area contributed by atoms with Gasteiger partial charge in [0.25, 0.3) is 0 Å². The molecule has 2 aromatic rings. The van der Waals surface area contributed by atoms with Gasteiger partial charge in [0.1, 0.15) is 11.6 Å². The first-order valence-electron chi connectivity index (χ1n) is 10.0. The molecule has 4 rings (SSSR count). The van der Waals surface area contributed by atoms with E-state index in [-0.39, 0.29) is 10.9 Å². The van der Waals surface area contributed by atoms with Crippen molar-refractivity contribution in [3.05, 3.63) is 45.5 Å². The molecule has 0 fully saturated rings. The fourth-order valence-electron chi connectivity index (χ4n) is 4.54. The van der Waals surface area contributed by atoms with Gasteiger partial charge in [0.05, 0.1) is 5.60 Å². The molecule has 0 spiro atoms. The number of nitrogens with zero attached hydrogens (tertiary/aromatic N) is 1. The van der Waals surface area contributed by atoms with Gasteiger partial charge in [-0.05, 0) is 81.5 Å². The van der Waals surface area contributed by atoms with E-state index in [4.69, 9.17) is 9.56 Å². The number of aliphatic hydroxyl groups is 1. The molecule has 2 aliphatic rings. The Morgan fingerprint density at radius 3 is 2.23 bits per heavy atom. The predicted molar refractivity (Wildman–Crippen MR) is 111 cm³/mol. The van der Waals surface area contributed by atoms with Crippen LogP contribution in [0.5, 0.6) is 0 Å². The zero-order valence-corrected chi connectivity index (χ0v) is 18.1. The number of aryl methyl sites for hydroxylation is 1. The van der Waals surface area contributed by atoms with E-state index in [9.17, 15) is 18.5 Å². The molecule has 0 saturated heterocycles. The first-order valence-corrected chi connectivity index (χ1v) is 11.6. The average Bonchev–Trinajstić information content (AvgIpc) is 3.36. The van der Waals surface area contributed by atoms with E-state index in [1.807, 2.05) is 0 Å². The second kappa shape index (κ2) is 7.18. The monoisotopic (exact) mass is 435 g/mol. The highest BCUT2D eigenvalue weighted by Gasteiger charge is 2.30. The molecule has 2 aliphatic carbocycles. The van der Waals surface area contributed by atoms with E-state index in [0.717, 1.165) is 24.0 Å². The van der Waals surface area contributed by atoms with Crippen LogP contribution in [-0.4, -0.2) is 15.3 Å². The lowest BCUT2D eigenvalue weighted by Crippen LogP contribution is -2.19. The molecule has 0 aliphatic heterocycles. The minimum absolute atomic E-state index is 0.141. The molecule has 1 heterocycles. The Bertz CT molecular complexity index is 1130. The van der Waals surface area contributed by atoms with Crippen molar-refractivity contribution in [3.8, 4) is 0 Å². The van der Waals surface area contributed by atoms with E-state index < -0.39 is 21.5 Å². The number of nitrogens with one attached hydrogen (secondary N) is 1. The summed E-state index contributed by atoms with van der Waals surface area (Å²) in [7, 11) is -3.67. The topological polar surface area (TPSA) is 118 Å². The van der Waals surface area contributed by atoms with Gasteiger partial charge in [-0.15, -0.1) is 4.36 Å². The molecule has 0 saturated carbocycles. The summed E-state index contributed by atoms with van der Waals surface area (Å²) in [5.74, 6) is 0.207. The van der Waals surface area contributed by atoms with Crippen molar-refractivity contribution in [2.45, 2.75) is 70.0 Å². The van der Waals surface area contributed by atoms with Gasteiger partial charge in [-0.2, -0.15) is 0 Å². The van der Waals surface area contributed by atoms with Gasteiger partial charge >= 0.3 is 6.03 Å². The number of amides is 2. The smallest absolute Gasteiger partial charge is 0.354 e. The van der Waals surface area contributed by atoms with Crippen LogP contribution in [0.2, 0.25) is 0 Å². The first kappa shape index (κ1) is 21.0. The molecule has 0 bridgehead atoms. The number of fused-ring (bicyclic) bond motifs is 2. The molecular weight excluding hydrogens is 409 g/mol. The number of nitrogens with two attached hydrogens (primary N) is 1. The number of halogens is 1. The standard InChI is InChI=1S/C21H26FN3O4S/c1-11-16(21(2,3)27)10-17(29-11)30(23,28)25-20(26)24-19-14-8-4-6-12(14)18(22)13-7-5-9-15(13)19/h10,27H,4-9H2,1-3H3,(H3,23,24,25,26,28). The maximum absolute atomic E-state index is 14.8. The number of hydrogen-bond donors (Lipinski definition) is 3. The molecule has 1 aromatic carbocycles. The van der Waals surface area contributed by atoms with E-state index in [1.54, 1.807) is 20.8 Å². The molecule has 1 aromatic heterocycles. The molecule has 9 heteroatoms. The molecular formula is C21H26FN3O4S. The molecule has 7 nitrogen and oxygen atoms in total. The third kappa shape index (κ3) is 3.55. The second-order valence-electron chi connectivity index (χ2n) is 8.49. The van der Waals surface area contributed by atoms with Crippen molar-refractivity contribution in [3.63, 3.8) is 0 Å². The van der Waals surface area contributed by atoms with E-state index in [2.05, 4.69) is 9.68 Å². The summed E-state index contributed by atoms with van der Waals surface area (Å²) in [5.41, 5.74) is 2.72. The fourth-order valence-corrected chi connectivity index (χ4v) is 5.46. The normalized spacial score (nSPS) is 17.4. The Labute approximate surface area is 175 Å². The number of urea groups is 1. The summed E-state index contributed by atoms with van der Waals surface area (Å²) in [6.45, 7) is 4.73. The Balaban J connectivity index is 1.69. The van der Waals surface area contributed by atoms with E-state index in [1.165, 1.54) is 6.07 Å². The van der Waals surface area contributed by atoms with Gasteiger partial charge in [0.2, 0.25) is 5.09 Å². The molecule has 1 atom stereocenters. The number of hydrogen-bond acceptors (Lipinski definition) is 4.